The molecular formula is C26H27F3N6O3. The third kappa shape index (κ3) is 5.18. The largest absolute Gasteiger partial charge is 0.471 e. The molecule has 12 heteroatoms. The quantitative estimate of drug-likeness (QED) is 0.494. The molecule has 6 rings (SSSR count). The molecule has 0 spiro atoms. The Kier molecular flexibility index (Phi) is 6.66. The topological polar surface area (TPSA) is 76.1 Å². The van der Waals surface area contributed by atoms with Gasteiger partial charge >= 0.3 is 6.18 Å². The minimum Gasteiger partial charge on any atom is -0.471 e. The smallest absolute Gasteiger partial charge is 0.416 e. The van der Waals surface area contributed by atoms with Crippen LogP contribution in [0.5, 0.6) is 5.75 Å². The summed E-state index contributed by atoms with van der Waals surface area (Å²) < 4.78 is 55.7. The summed E-state index contributed by atoms with van der Waals surface area (Å²) in [7, 11) is 0. The number of hydrogen-bond donors (Lipinski definition) is 0. The molecule has 3 aromatic rings. The summed E-state index contributed by atoms with van der Waals surface area (Å²) in [6.07, 6.45) is -4.36. The van der Waals surface area contributed by atoms with Gasteiger partial charge in [0.05, 0.1) is 37.7 Å². The van der Waals surface area contributed by atoms with Gasteiger partial charge in [0.15, 0.2) is 12.6 Å². The van der Waals surface area contributed by atoms with Crippen LogP contribution in [0.4, 0.5) is 30.8 Å². The number of nitrogens with zero attached hydrogens (tertiary/aromatic N) is 6. The summed E-state index contributed by atoms with van der Waals surface area (Å²) >= 11 is 0. The van der Waals surface area contributed by atoms with E-state index < -0.39 is 11.7 Å². The first kappa shape index (κ1) is 24.7. The number of hydrogen-bond acceptors (Lipinski definition) is 9. The average Bonchev–Trinajstić information content (AvgIpc) is 3.35. The highest BCUT2D eigenvalue weighted by atomic mass is 19.4. The van der Waals surface area contributed by atoms with E-state index in [0.717, 1.165) is 28.9 Å². The third-order valence-corrected chi connectivity index (χ3v) is 6.79. The zero-order chi connectivity index (χ0) is 26.1. The second-order valence-electron chi connectivity index (χ2n) is 9.31. The van der Waals surface area contributed by atoms with Crippen LogP contribution in [0.3, 0.4) is 0 Å². The van der Waals surface area contributed by atoms with E-state index in [1.165, 1.54) is 12.1 Å². The van der Waals surface area contributed by atoms with Gasteiger partial charge in [-0.05, 0) is 35.9 Å². The first-order valence-electron chi connectivity index (χ1n) is 12.5. The van der Waals surface area contributed by atoms with Gasteiger partial charge < -0.3 is 28.9 Å². The summed E-state index contributed by atoms with van der Waals surface area (Å²) in [5.74, 6) is 2.47. The summed E-state index contributed by atoms with van der Waals surface area (Å²) in [6.45, 7) is 5.96. The van der Waals surface area contributed by atoms with Gasteiger partial charge in [-0.3, -0.25) is 0 Å². The first-order chi connectivity index (χ1) is 18.4. The van der Waals surface area contributed by atoms with Crippen LogP contribution in [0.2, 0.25) is 0 Å². The van der Waals surface area contributed by atoms with Crippen molar-refractivity contribution in [2.75, 3.05) is 74.0 Å². The molecule has 38 heavy (non-hydrogen) atoms. The summed E-state index contributed by atoms with van der Waals surface area (Å²) in [5, 5.41) is 0. The standard InChI is InChI=1S/C26H27F3N6O3/c27-26(28,29)20-4-1-18(2-5-20)16-35-17-38-22-6-3-19(15-21(22)35)23-30-24(33-7-11-36-12-8-33)32-25(31-23)34-9-13-37-14-10-34/h1-6,15H,7-14,16-17H2. The number of anilines is 3. The minimum atomic E-state index is -4.36. The van der Waals surface area contributed by atoms with E-state index in [-0.39, 0.29) is 0 Å². The van der Waals surface area contributed by atoms with Crippen LogP contribution in [0.1, 0.15) is 11.1 Å². The molecule has 2 fully saturated rings. The lowest BCUT2D eigenvalue weighted by Crippen LogP contribution is -2.40. The maximum absolute atomic E-state index is 13.0. The maximum Gasteiger partial charge on any atom is 0.416 e. The number of aromatic nitrogens is 3. The maximum atomic E-state index is 13.0. The molecule has 4 heterocycles. The van der Waals surface area contributed by atoms with E-state index in [1.807, 2.05) is 23.1 Å². The fourth-order valence-corrected chi connectivity index (χ4v) is 4.69. The van der Waals surface area contributed by atoms with Crippen molar-refractivity contribution in [1.82, 2.24) is 15.0 Å². The van der Waals surface area contributed by atoms with Crippen LogP contribution in [0.25, 0.3) is 11.4 Å². The molecule has 1 aromatic heterocycles. The van der Waals surface area contributed by atoms with E-state index in [9.17, 15) is 13.2 Å². The van der Waals surface area contributed by atoms with Gasteiger partial charge in [0.1, 0.15) is 5.75 Å². The molecule has 0 aliphatic carbocycles. The molecule has 0 amide bonds. The van der Waals surface area contributed by atoms with Gasteiger partial charge in [0, 0.05) is 38.3 Å². The van der Waals surface area contributed by atoms with Gasteiger partial charge in [-0.15, -0.1) is 0 Å². The number of morpholine rings is 2. The highest BCUT2D eigenvalue weighted by Gasteiger charge is 2.30. The predicted molar refractivity (Wildman–Crippen MR) is 134 cm³/mol. The van der Waals surface area contributed by atoms with Crippen molar-refractivity contribution in [1.29, 1.82) is 0 Å². The van der Waals surface area contributed by atoms with Crippen molar-refractivity contribution in [3.05, 3.63) is 53.6 Å². The molecule has 9 nitrogen and oxygen atoms in total. The van der Waals surface area contributed by atoms with E-state index >= 15 is 0 Å². The number of alkyl halides is 3. The molecule has 2 aromatic carbocycles. The van der Waals surface area contributed by atoms with Gasteiger partial charge in [0.2, 0.25) is 11.9 Å². The molecule has 3 aliphatic heterocycles. The molecule has 2 saturated heterocycles. The summed E-state index contributed by atoms with van der Waals surface area (Å²) in [6, 6.07) is 11.0. The summed E-state index contributed by atoms with van der Waals surface area (Å²) in [4.78, 5) is 20.6. The van der Waals surface area contributed by atoms with Crippen molar-refractivity contribution < 1.29 is 27.4 Å². The van der Waals surface area contributed by atoms with Crippen molar-refractivity contribution in [3.8, 4) is 17.1 Å². The average molecular weight is 529 g/mol. The Balaban J connectivity index is 1.30. The zero-order valence-electron chi connectivity index (χ0n) is 20.7. The first-order valence-corrected chi connectivity index (χ1v) is 12.5. The molecular weight excluding hydrogens is 501 g/mol. The Hall–Kier alpha value is -3.64. The lowest BCUT2D eigenvalue weighted by Gasteiger charge is -2.30. The monoisotopic (exact) mass is 528 g/mol. The van der Waals surface area contributed by atoms with Crippen LogP contribution < -0.4 is 19.4 Å². The van der Waals surface area contributed by atoms with Gasteiger partial charge in [0.25, 0.3) is 0 Å². The van der Waals surface area contributed by atoms with Crippen LogP contribution >= 0.6 is 0 Å². The lowest BCUT2D eigenvalue weighted by atomic mass is 10.1. The highest BCUT2D eigenvalue weighted by molar-refractivity contribution is 5.71. The van der Waals surface area contributed by atoms with Crippen molar-refractivity contribution >= 4 is 17.6 Å². The van der Waals surface area contributed by atoms with Gasteiger partial charge in [-0.1, -0.05) is 12.1 Å². The Bertz CT molecular complexity index is 1240. The Labute approximate surface area is 217 Å². The van der Waals surface area contributed by atoms with Gasteiger partial charge in [-0.2, -0.15) is 28.1 Å². The van der Waals surface area contributed by atoms with Crippen LogP contribution in [0, 0.1) is 0 Å². The second-order valence-corrected chi connectivity index (χ2v) is 9.31. The Morgan fingerprint density at radius 2 is 1.37 bits per heavy atom. The lowest BCUT2D eigenvalue weighted by molar-refractivity contribution is -0.137. The number of halogens is 3. The van der Waals surface area contributed by atoms with Crippen molar-refractivity contribution in [2.24, 2.45) is 0 Å². The predicted octanol–water partition coefficient (Wildman–Crippen LogP) is 3.59. The van der Waals surface area contributed by atoms with E-state index in [1.54, 1.807) is 0 Å². The number of fused-ring (bicyclic) bond motifs is 1. The third-order valence-electron chi connectivity index (χ3n) is 6.79. The number of rotatable bonds is 5. The van der Waals surface area contributed by atoms with E-state index in [0.29, 0.717) is 89.4 Å². The molecule has 200 valence electrons. The molecule has 0 saturated carbocycles. The fourth-order valence-electron chi connectivity index (χ4n) is 4.69. The van der Waals surface area contributed by atoms with Crippen molar-refractivity contribution in [2.45, 2.75) is 12.7 Å². The summed E-state index contributed by atoms with van der Waals surface area (Å²) in [5.41, 5.74) is 1.73. The minimum absolute atomic E-state index is 0.301. The molecule has 0 atom stereocenters. The molecule has 0 radical (unpaired) electrons. The molecule has 0 bridgehead atoms. The van der Waals surface area contributed by atoms with E-state index in [2.05, 4.69) is 9.80 Å². The highest BCUT2D eigenvalue weighted by Crippen LogP contribution is 2.38. The molecule has 3 aliphatic rings. The fraction of sp³-hybridized carbons (Fsp3) is 0.423. The SMILES string of the molecule is FC(F)(F)c1ccc(CN2COc3ccc(-c4nc(N5CCOCC5)nc(N5CCOCC5)n4)cc32)cc1. The van der Waals surface area contributed by atoms with Crippen LogP contribution in [-0.4, -0.2) is 74.3 Å². The second kappa shape index (κ2) is 10.3. The number of ether oxygens (including phenoxy) is 3. The van der Waals surface area contributed by atoms with E-state index in [4.69, 9.17) is 29.2 Å². The van der Waals surface area contributed by atoms with Crippen molar-refractivity contribution in [3.63, 3.8) is 0 Å². The normalized spacial score (nSPS) is 17.9. The Morgan fingerprint density at radius 1 is 0.763 bits per heavy atom. The van der Waals surface area contributed by atoms with Crippen LogP contribution in [-0.2, 0) is 22.2 Å². The zero-order valence-corrected chi connectivity index (χ0v) is 20.7. The van der Waals surface area contributed by atoms with Gasteiger partial charge in [-0.25, -0.2) is 0 Å². The Morgan fingerprint density at radius 3 is 1.95 bits per heavy atom. The molecule has 0 unspecified atom stereocenters. The van der Waals surface area contributed by atoms with Crippen LogP contribution in [0.15, 0.2) is 42.5 Å². The number of benzene rings is 2. The molecule has 0 N–H and O–H groups in total.